The highest BCUT2D eigenvalue weighted by Gasteiger charge is 2.04. The van der Waals surface area contributed by atoms with Crippen LogP contribution in [0.2, 0.25) is 0 Å². The van der Waals surface area contributed by atoms with E-state index >= 15 is 0 Å². The van der Waals surface area contributed by atoms with Gasteiger partial charge in [0.15, 0.2) is 6.61 Å². The molecule has 2 rings (SSSR count). The molecule has 0 bridgehead atoms. The molecule has 0 saturated heterocycles. The van der Waals surface area contributed by atoms with Crippen LogP contribution in [0.3, 0.4) is 0 Å². The largest absolute Gasteiger partial charge is 0.492 e. The summed E-state index contributed by atoms with van der Waals surface area (Å²) >= 11 is 0. The highest BCUT2D eigenvalue weighted by atomic mass is 35.5. The van der Waals surface area contributed by atoms with Crippen molar-refractivity contribution in [2.75, 3.05) is 25.1 Å². The van der Waals surface area contributed by atoms with Crippen LogP contribution in [0, 0.1) is 0 Å². The Morgan fingerprint density at radius 2 is 1.58 bits per heavy atom. The van der Waals surface area contributed by atoms with Gasteiger partial charge in [0, 0.05) is 12.2 Å². The number of carbonyl (C=O) groups is 1. The van der Waals surface area contributed by atoms with Gasteiger partial charge in [-0.2, -0.15) is 0 Å². The lowest BCUT2D eigenvalue weighted by atomic mass is 10.2. The van der Waals surface area contributed by atoms with Crippen LogP contribution in [-0.2, 0) is 11.2 Å². The molecule has 2 aromatic carbocycles. The summed E-state index contributed by atoms with van der Waals surface area (Å²) in [6.07, 6.45) is 0.978. The number of nitrogens with one attached hydrogen (secondary N) is 1. The van der Waals surface area contributed by atoms with Crippen molar-refractivity contribution in [3.8, 4) is 11.5 Å². The van der Waals surface area contributed by atoms with Gasteiger partial charge in [0.1, 0.15) is 18.1 Å². The highest BCUT2D eigenvalue weighted by molar-refractivity contribution is 5.91. The number of anilines is 1. The molecule has 0 spiro atoms. The minimum atomic E-state index is -0.208. The van der Waals surface area contributed by atoms with Crippen LogP contribution >= 0.6 is 12.4 Å². The molecule has 0 unspecified atom stereocenters. The predicted molar refractivity (Wildman–Crippen MR) is 98.2 cm³/mol. The van der Waals surface area contributed by atoms with Crippen molar-refractivity contribution in [2.24, 2.45) is 5.73 Å². The number of carbonyl (C=O) groups excluding carboxylic acids is 1. The van der Waals surface area contributed by atoms with E-state index in [9.17, 15) is 4.79 Å². The first kappa shape index (κ1) is 19.8. The van der Waals surface area contributed by atoms with Crippen LogP contribution in [0.4, 0.5) is 5.69 Å². The fourth-order valence-corrected chi connectivity index (χ4v) is 1.98. The first-order valence-electron chi connectivity index (χ1n) is 7.65. The average molecular weight is 351 g/mol. The minimum Gasteiger partial charge on any atom is -0.492 e. The summed E-state index contributed by atoms with van der Waals surface area (Å²) in [7, 11) is 0. The summed E-state index contributed by atoms with van der Waals surface area (Å²) in [4.78, 5) is 11.9. The van der Waals surface area contributed by atoms with Gasteiger partial charge in [0.2, 0.25) is 0 Å². The van der Waals surface area contributed by atoms with Gasteiger partial charge in [-0.1, -0.05) is 19.1 Å². The van der Waals surface area contributed by atoms with Gasteiger partial charge < -0.3 is 20.5 Å². The molecule has 0 aliphatic rings. The van der Waals surface area contributed by atoms with E-state index in [4.69, 9.17) is 15.2 Å². The van der Waals surface area contributed by atoms with Crippen LogP contribution in [0.15, 0.2) is 48.5 Å². The summed E-state index contributed by atoms with van der Waals surface area (Å²) in [5.74, 6) is 1.20. The molecule has 0 saturated carbocycles. The van der Waals surface area contributed by atoms with Crippen molar-refractivity contribution in [2.45, 2.75) is 13.3 Å². The topological polar surface area (TPSA) is 73.6 Å². The molecule has 2 aromatic rings. The lowest BCUT2D eigenvalue weighted by Crippen LogP contribution is -2.20. The number of nitrogens with two attached hydrogens (primary N) is 1. The molecular weight excluding hydrogens is 328 g/mol. The number of hydrogen-bond donors (Lipinski definition) is 2. The van der Waals surface area contributed by atoms with E-state index in [2.05, 4.69) is 12.2 Å². The third-order valence-corrected chi connectivity index (χ3v) is 3.23. The summed E-state index contributed by atoms with van der Waals surface area (Å²) in [6.45, 7) is 3.00. The third kappa shape index (κ3) is 6.48. The van der Waals surface area contributed by atoms with Gasteiger partial charge in [-0.25, -0.2) is 0 Å². The van der Waals surface area contributed by atoms with E-state index in [-0.39, 0.29) is 24.9 Å². The third-order valence-electron chi connectivity index (χ3n) is 3.23. The van der Waals surface area contributed by atoms with Gasteiger partial charge in [-0.3, -0.25) is 4.79 Å². The van der Waals surface area contributed by atoms with E-state index in [1.165, 1.54) is 5.56 Å². The van der Waals surface area contributed by atoms with Crippen LogP contribution in [-0.4, -0.2) is 25.7 Å². The lowest BCUT2D eigenvalue weighted by Gasteiger charge is -2.09. The number of amides is 1. The SMILES string of the molecule is CCc1ccc(OCC(=O)Nc2ccc(OCCN)cc2)cc1.Cl. The standard InChI is InChI=1S/C18H22N2O3.ClH/c1-2-14-3-7-17(8-4-14)23-13-18(21)20-15-5-9-16(10-6-15)22-12-11-19;/h3-10H,2,11-13,19H2,1H3,(H,20,21);1H. The van der Waals surface area contributed by atoms with Crippen LogP contribution in [0.1, 0.15) is 12.5 Å². The Hall–Kier alpha value is -2.24. The second-order valence-corrected chi connectivity index (χ2v) is 5.00. The van der Waals surface area contributed by atoms with Crippen molar-refractivity contribution >= 4 is 24.0 Å². The Balaban J connectivity index is 0.00000288. The molecule has 0 aromatic heterocycles. The fourth-order valence-electron chi connectivity index (χ4n) is 1.98. The number of benzene rings is 2. The molecule has 3 N–H and O–H groups in total. The average Bonchev–Trinajstić information content (AvgIpc) is 2.60. The van der Waals surface area contributed by atoms with Gasteiger partial charge in [-0.15, -0.1) is 12.4 Å². The molecule has 0 atom stereocenters. The minimum absolute atomic E-state index is 0. The van der Waals surface area contributed by atoms with Gasteiger partial charge in [-0.05, 0) is 48.4 Å². The van der Waals surface area contributed by atoms with Crippen molar-refractivity contribution in [3.05, 3.63) is 54.1 Å². The maximum absolute atomic E-state index is 11.9. The lowest BCUT2D eigenvalue weighted by molar-refractivity contribution is -0.118. The summed E-state index contributed by atoms with van der Waals surface area (Å²) in [5.41, 5.74) is 7.30. The van der Waals surface area contributed by atoms with Crippen molar-refractivity contribution in [1.82, 2.24) is 0 Å². The van der Waals surface area contributed by atoms with E-state index in [0.717, 1.165) is 12.2 Å². The van der Waals surface area contributed by atoms with Gasteiger partial charge in [0.25, 0.3) is 5.91 Å². The number of aryl methyl sites for hydroxylation is 1. The Labute approximate surface area is 148 Å². The molecule has 130 valence electrons. The number of hydrogen-bond acceptors (Lipinski definition) is 4. The van der Waals surface area contributed by atoms with Crippen molar-refractivity contribution in [1.29, 1.82) is 0 Å². The fraction of sp³-hybridized carbons (Fsp3) is 0.278. The van der Waals surface area contributed by atoms with Crippen molar-refractivity contribution < 1.29 is 14.3 Å². The Morgan fingerprint density at radius 3 is 2.17 bits per heavy atom. The number of ether oxygens (including phenoxy) is 2. The normalized spacial score (nSPS) is 9.75. The molecular formula is C18H23ClN2O3. The zero-order valence-corrected chi connectivity index (χ0v) is 14.5. The second-order valence-electron chi connectivity index (χ2n) is 5.00. The molecule has 5 nitrogen and oxygen atoms in total. The molecule has 24 heavy (non-hydrogen) atoms. The second kappa shape index (κ2) is 10.5. The van der Waals surface area contributed by atoms with Crippen LogP contribution in [0.5, 0.6) is 11.5 Å². The zero-order valence-electron chi connectivity index (χ0n) is 13.7. The first-order valence-corrected chi connectivity index (χ1v) is 7.65. The predicted octanol–water partition coefficient (Wildman–Crippen LogP) is 3.03. The molecule has 0 radical (unpaired) electrons. The van der Waals surface area contributed by atoms with E-state index in [1.807, 2.05) is 24.3 Å². The molecule has 0 aliphatic carbocycles. The Kier molecular flexibility index (Phi) is 8.68. The molecule has 0 heterocycles. The monoisotopic (exact) mass is 350 g/mol. The zero-order chi connectivity index (χ0) is 16.5. The van der Waals surface area contributed by atoms with E-state index in [0.29, 0.717) is 24.6 Å². The molecule has 0 aliphatic heterocycles. The van der Waals surface area contributed by atoms with Crippen molar-refractivity contribution in [3.63, 3.8) is 0 Å². The number of halogens is 1. The van der Waals surface area contributed by atoms with Gasteiger partial charge >= 0.3 is 0 Å². The first-order chi connectivity index (χ1) is 11.2. The Morgan fingerprint density at radius 1 is 1.00 bits per heavy atom. The summed E-state index contributed by atoms with van der Waals surface area (Å²) in [6, 6.07) is 14.9. The maximum Gasteiger partial charge on any atom is 0.262 e. The number of rotatable bonds is 8. The quantitative estimate of drug-likeness (QED) is 0.767. The Bertz CT molecular complexity index is 615. The van der Waals surface area contributed by atoms with Gasteiger partial charge in [0.05, 0.1) is 0 Å². The highest BCUT2D eigenvalue weighted by Crippen LogP contribution is 2.16. The molecule has 0 fully saturated rings. The molecule has 6 heteroatoms. The van der Waals surface area contributed by atoms with Crippen LogP contribution < -0.4 is 20.5 Å². The van der Waals surface area contributed by atoms with Crippen LogP contribution in [0.25, 0.3) is 0 Å². The molecule has 1 amide bonds. The van der Waals surface area contributed by atoms with E-state index < -0.39 is 0 Å². The smallest absolute Gasteiger partial charge is 0.262 e. The summed E-state index contributed by atoms with van der Waals surface area (Å²) in [5, 5.41) is 2.77. The summed E-state index contributed by atoms with van der Waals surface area (Å²) < 4.78 is 10.8. The van der Waals surface area contributed by atoms with E-state index in [1.54, 1.807) is 24.3 Å². The maximum atomic E-state index is 11.9.